The van der Waals surface area contributed by atoms with Crippen LogP contribution in [0.3, 0.4) is 0 Å². The summed E-state index contributed by atoms with van der Waals surface area (Å²) in [5.41, 5.74) is 0.252. The van der Waals surface area contributed by atoms with Gasteiger partial charge in [0.2, 0.25) is 0 Å². The van der Waals surface area contributed by atoms with E-state index in [0.717, 1.165) is 13.0 Å². The van der Waals surface area contributed by atoms with E-state index < -0.39 is 17.7 Å². The normalized spacial score (nSPS) is 12.8. The maximum atomic E-state index is 13.5. The third-order valence-corrected chi connectivity index (χ3v) is 2.43. The summed E-state index contributed by atoms with van der Waals surface area (Å²) < 4.78 is 26.7. The molecule has 0 radical (unpaired) electrons. The summed E-state index contributed by atoms with van der Waals surface area (Å²) in [6.45, 7) is 4.45. The van der Waals surface area contributed by atoms with Gasteiger partial charge in [0.1, 0.15) is 0 Å². The number of benzene rings is 1. The van der Waals surface area contributed by atoms with Crippen molar-refractivity contribution >= 4 is 0 Å². The summed E-state index contributed by atoms with van der Waals surface area (Å²) >= 11 is 0. The van der Waals surface area contributed by atoms with Crippen LogP contribution in [0.5, 0.6) is 0 Å². The first-order chi connectivity index (χ1) is 7.57. The molecule has 1 atom stereocenters. The molecule has 0 aliphatic carbocycles. The van der Waals surface area contributed by atoms with Gasteiger partial charge in [0.05, 0.1) is 6.10 Å². The molecule has 2 nitrogen and oxygen atoms in total. The molecule has 1 unspecified atom stereocenters. The number of nitrogens with one attached hydrogen (secondary N) is 1. The lowest BCUT2D eigenvalue weighted by Gasteiger charge is -2.13. The van der Waals surface area contributed by atoms with Crippen molar-refractivity contribution in [3.8, 4) is 0 Å². The summed E-state index contributed by atoms with van der Waals surface area (Å²) in [7, 11) is 0. The van der Waals surface area contributed by atoms with E-state index in [1.807, 2.05) is 6.92 Å². The Balaban J connectivity index is 2.76. The molecular weight excluding hydrogens is 212 g/mol. The fourth-order valence-corrected chi connectivity index (χ4v) is 1.44. The highest BCUT2D eigenvalue weighted by Crippen LogP contribution is 2.21. The van der Waals surface area contributed by atoms with Gasteiger partial charge in [-0.1, -0.05) is 19.1 Å². The minimum atomic E-state index is -1.01. The Morgan fingerprint density at radius 3 is 2.62 bits per heavy atom. The average molecular weight is 229 g/mol. The zero-order valence-electron chi connectivity index (χ0n) is 9.56. The maximum Gasteiger partial charge on any atom is 0.164 e. The number of halogens is 2. The van der Waals surface area contributed by atoms with E-state index >= 15 is 0 Å². The second-order valence-electron chi connectivity index (χ2n) is 3.82. The molecule has 0 amide bonds. The molecule has 0 spiro atoms. The molecule has 1 aromatic carbocycles. The average Bonchev–Trinajstić information content (AvgIpc) is 2.26. The molecule has 0 saturated heterocycles. The van der Waals surface area contributed by atoms with Crippen molar-refractivity contribution in [1.82, 2.24) is 5.32 Å². The second kappa shape index (κ2) is 5.92. The van der Waals surface area contributed by atoms with E-state index in [9.17, 15) is 13.9 Å². The lowest BCUT2D eigenvalue weighted by atomic mass is 10.1. The monoisotopic (exact) mass is 229 g/mol. The van der Waals surface area contributed by atoms with E-state index in [2.05, 4.69) is 5.32 Å². The molecule has 2 N–H and O–H groups in total. The van der Waals surface area contributed by atoms with Gasteiger partial charge >= 0.3 is 0 Å². The largest absolute Gasteiger partial charge is 0.387 e. The topological polar surface area (TPSA) is 32.3 Å². The highest BCUT2D eigenvalue weighted by molar-refractivity contribution is 5.27. The van der Waals surface area contributed by atoms with Crippen molar-refractivity contribution in [2.24, 2.45) is 0 Å². The predicted octanol–water partition coefficient (Wildman–Crippen LogP) is 2.31. The molecule has 0 saturated carbocycles. The van der Waals surface area contributed by atoms with Crippen LogP contribution in [-0.4, -0.2) is 18.2 Å². The Bertz CT molecular complexity index is 355. The minimum absolute atomic E-state index is 0.00621. The fourth-order valence-electron chi connectivity index (χ4n) is 1.44. The van der Waals surface area contributed by atoms with Gasteiger partial charge in [0.25, 0.3) is 0 Å². The van der Waals surface area contributed by atoms with Crippen LogP contribution in [-0.2, 0) is 0 Å². The maximum absolute atomic E-state index is 13.5. The van der Waals surface area contributed by atoms with Crippen LogP contribution in [0.15, 0.2) is 12.1 Å². The smallest absolute Gasteiger partial charge is 0.164 e. The minimum Gasteiger partial charge on any atom is -0.387 e. The molecule has 0 heterocycles. The Hall–Kier alpha value is -1.00. The Morgan fingerprint density at radius 2 is 2.00 bits per heavy atom. The number of aliphatic hydroxyl groups is 1. The van der Waals surface area contributed by atoms with Crippen LogP contribution in [0.4, 0.5) is 8.78 Å². The molecular formula is C12H17F2NO. The quantitative estimate of drug-likeness (QED) is 0.759. The van der Waals surface area contributed by atoms with Crippen molar-refractivity contribution in [2.45, 2.75) is 26.4 Å². The molecule has 4 heteroatoms. The van der Waals surface area contributed by atoms with Crippen molar-refractivity contribution in [3.05, 3.63) is 34.9 Å². The van der Waals surface area contributed by atoms with E-state index in [0.29, 0.717) is 0 Å². The van der Waals surface area contributed by atoms with Crippen molar-refractivity contribution in [1.29, 1.82) is 0 Å². The summed E-state index contributed by atoms with van der Waals surface area (Å²) in [6, 6.07) is 2.89. The van der Waals surface area contributed by atoms with Crippen molar-refractivity contribution in [3.63, 3.8) is 0 Å². The van der Waals surface area contributed by atoms with Crippen LogP contribution in [0, 0.1) is 18.6 Å². The van der Waals surface area contributed by atoms with Gasteiger partial charge in [-0.05, 0) is 25.5 Å². The molecule has 0 aliphatic rings. The highest BCUT2D eigenvalue weighted by Gasteiger charge is 2.16. The Labute approximate surface area is 94.3 Å². The highest BCUT2D eigenvalue weighted by atomic mass is 19.2. The third-order valence-electron chi connectivity index (χ3n) is 2.43. The number of aryl methyl sites for hydroxylation is 1. The number of hydrogen-bond donors (Lipinski definition) is 2. The predicted molar refractivity (Wildman–Crippen MR) is 59.2 cm³/mol. The lowest BCUT2D eigenvalue weighted by Crippen LogP contribution is -2.23. The first-order valence-corrected chi connectivity index (χ1v) is 5.41. The summed E-state index contributed by atoms with van der Waals surface area (Å²) in [6.07, 6.45) is -0.0843. The van der Waals surface area contributed by atoms with Crippen LogP contribution < -0.4 is 5.32 Å². The fraction of sp³-hybridized carbons (Fsp3) is 0.500. The van der Waals surface area contributed by atoms with Crippen LogP contribution in [0.2, 0.25) is 0 Å². The molecule has 1 aromatic rings. The lowest BCUT2D eigenvalue weighted by molar-refractivity contribution is 0.169. The van der Waals surface area contributed by atoms with Gasteiger partial charge in [-0.2, -0.15) is 0 Å². The summed E-state index contributed by atoms with van der Waals surface area (Å²) in [5, 5.41) is 12.6. The molecule has 16 heavy (non-hydrogen) atoms. The van der Waals surface area contributed by atoms with Crippen LogP contribution in [0.1, 0.15) is 30.6 Å². The first kappa shape index (κ1) is 13.1. The van der Waals surface area contributed by atoms with Gasteiger partial charge in [-0.25, -0.2) is 8.78 Å². The third kappa shape index (κ3) is 3.00. The number of hydrogen-bond acceptors (Lipinski definition) is 2. The molecule has 0 fully saturated rings. The number of aliphatic hydroxyl groups excluding tert-OH is 1. The molecule has 1 rings (SSSR count). The van der Waals surface area contributed by atoms with E-state index in [1.54, 1.807) is 0 Å². The van der Waals surface area contributed by atoms with Gasteiger partial charge in [-0.3, -0.25) is 0 Å². The van der Waals surface area contributed by atoms with Gasteiger partial charge in [0, 0.05) is 12.1 Å². The summed E-state index contributed by atoms with van der Waals surface area (Å²) in [5.74, 6) is -1.84. The van der Waals surface area contributed by atoms with Crippen molar-refractivity contribution < 1.29 is 13.9 Å². The number of rotatable bonds is 5. The second-order valence-corrected chi connectivity index (χ2v) is 3.82. The first-order valence-electron chi connectivity index (χ1n) is 5.41. The van der Waals surface area contributed by atoms with E-state index in [-0.39, 0.29) is 17.7 Å². The zero-order valence-corrected chi connectivity index (χ0v) is 9.56. The van der Waals surface area contributed by atoms with Crippen molar-refractivity contribution in [2.75, 3.05) is 13.1 Å². The van der Waals surface area contributed by atoms with E-state index in [1.165, 1.54) is 19.1 Å². The Morgan fingerprint density at radius 1 is 1.31 bits per heavy atom. The van der Waals surface area contributed by atoms with E-state index in [4.69, 9.17) is 0 Å². The Kier molecular flexibility index (Phi) is 4.83. The van der Waals surface area contributed by atoms with Crippen LogP contribution >= 0.6 is 0 Å². The zero-order chi connectivity index (χ0) is 12.1. The molecule has 0 aromatic heterocycles. The van der Waals surface area contributed by atoms with Gasteiger partial charge in [-0.15, -0.1) is 0 Å². The molecule has 90 valence electrons. The summed E-state index contributed by atoms with van der Waals surface area (Å²) in [4.78, 5) is 0. The SMILES string of the molecule is CCCNCC(O)c1ccc(C)c(F)c1F. The standard InChI is InChI=1S/C12H17F2NO/c1-3-6-15-7-10(16)9-5-4-8(2)11(13)12(9)14/h4-5,10,15-16H,3,6-7H2,1-2H3. The van der Waals surface area contributed by atoms with Gasteiger partial charge < -0.3 is 10.4 Å². The molecule has 0 bridgehead atoms. The van der Waals surface area contributed by atoms with Crippen LogP contribution in [0.25, 0.3) is 0 Å². The van der Waals surface area contributed by atoms with Gasteiger partial charge in [0.15, 0.2) is 11.6 Å². The molecule has 0 aliphatic heterocycles.